The van der Waals surface area contributed by atoms with E-state index in [2.05, 4.69) is 11.9 Å². The summed E-state index contributed by atoms with van der Waals surface area (Å²) in [6.07, 6.45) is 1.90. The summed E-state index contributed by atoms with van der Waals surface area (Å²) < 4.78 is 7.42. The Morgan fingerprint density at radius 3 is 2.43 bits per heavy atom. The van der Waals surface area contributed by atoms with Crippen molar-refractivity contribution in [3.8, 4) is 5.75 Å². The SMILES string of the molecule is Cc1cc(OC2CN(C(=O)C3CCN(C)CC3)C2)cc(=O)n1C. The second kappa shape index (κ2) is 6.35. The normalized spacial score (nSPS) is 20.4. The Morgan fingerprint density at radius 1 is 1.17 bits per heavy atom. The molecule has 0 aromatic carbocycles. The first-order chi connectivity index (χ1) is 10.9. The van der Waals surface area contributed by atoms with Crippen LogP contribution >= 0.6 is 0 Å². The smallest absolute Gasteiger partial charge is 0.254 e. The second-order valence-electron chi connectivity index (χ2n) is 6.79. The standard InChI is InChI=1S/C17H25N3O3/c1-12-8-14(9-16(21)19(12)3)23-15-10-20(11-15)17(22)13-4-6-18(2)7-5-13/h8-9,13,15H,4-7,10-11H2,1-3H3. The lowest BCUT2D eigenvalue weighted by Gasteiger charge is -2.42. The molecular formula is C17H25N3O3. The summed E-state index contributed by atoms with van der Waals surface area (Å²) >= 11 is 0. The van der Waals surface area contributed by atoms with Crippen LogP contribution in [0.4, 0.5) is 0 Å². The van der Waals surface area contributed by atoms with Gasteiger partial charge in [0.2, 0.25) is 5.91 Å². The van der Waals surface area contributed by atoms with Crippen molar-refractivity contribution in [1.82, 2.24) is 14.4 Å². The Hall–Kier alpha value is -1.82. The van der Waals surface area contributed by atoms with E-state index in [1.807, 2.05) is 17.9 Å². The number of amides is 1. The fourth-order valence-corrected chi connectivity index (χ4v) is 3.20. The molecule has 2 fully saturated rings. The maximum Gasteiger partial charge on any atom is 0.254 e. The minimum atomic E-state index is -0.0708. The van der Waals surface area contributed by atoms with Crippen LogP contribution in [-0.2, 0) is 11.8 Å². The number of rotatable bonds is 3. The minimum absolute atomic E-state index is 0.00304. The number of pyridine rings is 1. The molecule has 0 aliphatic carbocycles. The molecule has 0 saturated carbocycles. The Kier molecular flexibility index (Phi) is 4.43. The van der Waals surface area contributed by atoms with E-state index in [-0.39, 0.29) is 23.5 Å². The number of carbonyl (C=O) groups excluding carboxylic acids is 1. The van der Waals surface area contributed by atoms with Gasteiger partial charge in [0.25, 0.3) is 5.56 Å². The third-order valence-electron chi connectivity index (χ3n) is 5.01. The van der Waals surface area contributed by atoms with Crippen LogP contribution in [0.1, 0.15) is 18.5 Å². The molecule has 2 aliphatic heterocycles. The van der Waals surface area contributed by atoms with E-state index in [0.29, 0.717) is 18.8 Å². The number of likely N-dealkylation sites (tertiary alicyclic amines) is 2. The van der Waals surface area contributed by atoms with Crippen LogP contribution in [-0.4, -0.2) is 59.6 Å². The van der Waals surface area contributed by atoms with Crippen LogP contribution in [0.3, 0.4) is 0 Å². The van der Waals surface area contributed by atoms with Crippen LogP contribution in [0.5, 0.6) is 5.75 Å². The topological polar surface area (TPSA) is 54.8 Å². The van der Waals surface area contributed by atoms with E-state index < -0.39 is 0 Å². The van der Waals surface area contributed by atoms with Gasteiger partial charge >= 0.3 is 0 Å². The predicted octanol–water partition coefficient (Wildman–Crippen LogP) is 0.625. The summed E-state index contributed by atoms with van der Waals surface area (Å²) in [6, 6.07) is 3.37. The Labute approximate surface area is 136 Å². The molecule has 2 saturated heterocycles. The van der Waals surface area contributed by atoms with E-state index in [0.717, 1.165) is 31.6 Å². The third kappa shape index (κ3) is 3.42. The Bertz CT molecular complexity index is 641. The fourth-order valence-electron chi connectivity index (χ4n) is 3.20. The first-order valence-corrected chi connectivity index (χ1v) is 8.25. The van der Waals surface area contributed by atoms with Gasteiger partial charge in [-0.25, -0.2) is 0 Å². The van der Waals surface area contributed by atoms with Gasteiger partial charge in [-0.2, -0.15) is 0 Å². The fraction of sp³-hybridized carbons (Fsp3) is 0.647. The van der Waals surface area contributed by atoms with Crippen molar-refractivity contribution >= 4 is 5.91 Å². The number of piperidine rings is 1. The lowest BCUT2D eigenvalue weighted by atomic mass is 9.94. The number of ether oxygens (including phenoxy) is 1. The molecule has 1 amide bonds. The van der Waals surface area contributed by atoms with Crippen molar-refractivity contribution in [3.05, 3.63) is 28.2 Å². The molecule has 23 heavy (non-hydrogen) atoms. The highest BCUT2D eigenvalue weighted by Gasteiger charge is 2.36. The molecule has 1 aromatic rings. The molecule has 6 heteroatoms. The summed E-state index contributed by atoms with van der Waals surface area (Å²) in [6.45, 7) is 5.12. The third-order valence-corrected chi connectivity index (χ3v) is 5.01. The number of hydrogen-bond acceptors (Lipinski definition) is 4. The van der Waals surface area contributed by atoms with Crippen LogP contribution in [0.15, 0.2) is 16.9 Å². The largest absolute Gasteiger partial charge is 0.486 e. The van der Waals surface area contributed by atoms with Crippen molar-refractivity contribution in [2.45, 2.75) is 25.9 Å². The van der Waals surface area contributed by atoms with Crippen molar-refractivity contribution in [2.24, 2.45) is 13.0 Å². The summed E-state index contributed by atoms with van der Waals surface area (Å²) in [5.74, 6) is 1.03. The molecule has 126 valence electrons. The maximum absolute atomic E-state index is 12.4. The molecule has 2 aliphatic rings. The van der Waals surface area contributed by atoms with Crippen molar-refractivity contribution in [2.75, 3.05) is 33.2 Å². The highest BCUT2D eigenvalue weighted by molar-refractivity contribution is 5.79. The van der Waals surface area contributed by atoms with Crippen molar-refractivity contribution in [3.63, 3.8) is 0 Å². The monoisotopic (exact) mass is 319 g/mol. The molecule has 0 radical (unpaired) electrons. The average molecular weight is 319 g/mol. The molecule has 0 atom stereocenters. The lowest BCUT2D eigenvalue weighted by molar-refractivity contribution is -0.145. The molecule has 3 rings (SSSR count). The Balaban J connectivity index is 1.51. The molecular weight excluding hydrogens is 294 g/mol. The zero-order valence-electron chi connectivity index (χ0n) is 14.1. The van der Waals surface area contributed by atoms with Gasteiger partial charge in [0, 0.05) is 24.7 Å². The van der Waals surface area contributed by atoms with Gasteiger partial charge in [-0.15, -0.1) is 0 Å². The van der Waals surface area contributed by atoms with Crippen LogP contribution in [0.2, 0.25) is 0 Å². The van der Waals surface area contributed by atoms with Gasteiger partial charge in [0.1, 0.15) is 11.9 Å². The van der Waals surface area contributed by atoms with Crippen LogP contribution in [0.25, 0.3) is 0 Å². The number of nitrogens with zero attached hydrogens (tertiary/aromatic N) is 3. The van der Waals surface area contributed by atoms with Crippen LogP contribution in [0, 0.1) is 12.8 Å². The zero-order chi connectivity index (χ0) is 16.6. The highest BCUT2D eigenvalue weighted by Crippen LogP contribution is 2.24. The number of aryl methyl sites for hydroxylation is 1. The molecule has 1 aromatic heterocycles. The number of aromatic nitrogens is 1. The summed E-state index contributed by atoms with van der Waals surface area (Å²) in [4.78, 5) is 28.4. The number of hydrogen-bond donors (Lipinski definition) is 0. The second-order valence-corrected chi connectivity index (χ2v) is 6.79. The molecule has 6 nitrogen and oxygen atoms in total. The average Bonchev–Trinajstić information content (AvgIpc) is 2.48. The zero-order valence-corrected chi connectivity index (χ0v) is 14.1. The van der Waals surface area contributed by atoms with Gasteiger partial charge in [-0.05, 0) is 46.0 Å². The van der Waals surface area contributed by atoms with E-state index in [9.17, 15) is 9.59 Å². The summed E-state index contributed by atoms with van der Waals surface area (Å²) in [7, 11) is 3.84. The van der Waals surface area contributed by atoms with Crippen LogP contribution < -0.4 is 10.3 Å². The molecule has 0 spiro atoms. The molecule has 0 N–H and O–H groups in total. The molecule has 3 heterocycles. The van der Waals surface area contributed by atoms with Gasteiger partial charge in [0.15, 0.2) is 0 Å². The quantitative estimate of drug-likeness (QED) is 0.820. The molecule has 0 unspecified atom stereocenters. The maximum atomic E-state index is 12.4. The molecule has 0 bridgehead atoms. The van der Waals surface area contributed by atoms with Crippen molar-refractivity contribution < 1.29 is 9.53 Å². The summed E-state index contributed by atoms with van der Waals surface area (Å²) in [5.41, 5.74) is 0.796. The van der Waals surface area contributed by atoms with Gasteiger partial charge < -0.3 is 19.1 Å². The number of carbonyl (C=O) groups is 1. The first kappa shape index (κ1) is 16.1. The minimum Gasteiger partial charge on any atom is -0.486 e. The highest BCUT2D eigenvalue weighted by atomic mass is 16.5. The van der Waals surface area contributed by atoms with E-state index >= 15 is 0 Å². The van der Waals surface area contributed by atoms with Gasteiger partial charge in [-0.3, -0.25) is 9.59 Å². The van der Waals surface area contributed by atoms with Gasteiger partial charge in [0.05, 0.1) is 13.1 Å². The Morgan fingerprint density at radius 2 is 1.83 bits per heavy atom. The first-order valence-electron chi connectivity index (χ1n) is 8.25. The van der Waals surface area contributed by atoms with E-state index in [1.54, 1.807) is 11.6 Å². The van der Waals surface area contributed by atoms with Gasteiger partial charge in [-0.1, -0.05) is 0 Å². The summed E-state index contributed by atoms with van der Waals surface area (Å²) in [5, 5.41) is 0. The van der Waals surface area contributed by atoms with E-state index in [1.165, 1.54) is 6.07 Å². The predicted molar refractivity (Wildman–Crippen MR) is 87.6 cm³/mol. The van der Waals surface area contributed by atoms with Crippen molar-refractivity contribution in [1.29, 1.82) is 0 Å². The lowest BCUT2D eigenvalue weighted by Crippen LogP contribution is -2.58. The van der Waals surface area contributed by atoms with E-state index in [4.69, 9.17) is 4.74 Å².